The van der Waals surface area contributed by atoms with E-state index in [-0.39, 0.29) is 12.4 Å². The second-order valence-electron chi connectivity index (χ2n) is 9.17. The summed E-state index contributed by atoms with van der Waals surface area (Å²) < 4.78 is 6.02. The molecule has 3 N–H and O–H groups in total. The van der Waals surface area contributed by atoms with Crippen molar-refractivity contribution in [3.63, 3.8) is 0 Å². The molecule has 1 aliphatic heterocycles. The number of nitrogens with two attached hydrogens (primary N) is 1. The fourth-order valence-electron chi connectivity index (χ4n) is 4.66. The third-order valence-corrected chi connectivity index (χ3v) is 6.71. The molecule has 0 radical (unpaired) electrons. The predicted octanol–water partition coefficient (Wildman–Crippen LogP) is 4.83. The molecule has 3 atom stereocenters. The smallest absolute Gasteiger partial charge is 0.119 e. The van der Waals surface area contributed by atoms with E-state index >= 15 is 0 Å². The molecular formula is C28H34ClN3O. The first-order valence-electron chi connectivity index (χ1n) is 11.8. The van der Waals surface area contributed by atoms with Crippen molar-refractivity contribution in [3.05, 3.63) is 90.0 Å². The molecular weight excluding hydrogens is 430 g/mol. The maximum absolute atomic E-state index is 6.02. The van der Waals surface area contributed by atoms with Gasteiger partial charge in [-0.15, -0.1) is 12.4 Å². The van der Waals surface area contributed by atoms with Gasteiger partial charge in [0.25, 0.3) is 0 Å². The second-order valence-corrected chi connectivity index (χ2v) is 9.17. The molecule has 1 saturated carbocycles. The fraction of sp³-hybridized carbons (Fsp3) is 0.357. The highest BCUT2D eigenvalue weighted by molar-refractivity contribution is 5.85. The molecule has 174 valence electrons. The SMILES string of the molecule is Cl.N[C@@H]1CCN(CCN[C@@H]2C[C@H]2c2ccc(OCc3ccc(-c4ccccc4)cc3)cc2)C1. The van der Waals surface area contributed by atoms with Gasteiger partial charge in [0.2, 0.25) is 0 Å². The summed E-state index contributed by atoms with van der Waals surface area (Å²) in [5, 5.41) is 3.71. The Morgan fingerprint density at radius 1 is 0.909 bits per heavy atom. The maximum Gasteiger partial charge on any atom is 0.119 e. The molecule has 0 spiro atoms. The Kier molecular flexibility index (Phi) is 8.05. The number of halogens is 1. The molecule has 0 aromatic heterocycles. The molecule has 33 heavy (non-hydrogen) atoms. The van der Waals surface area contributed by atoms with Crippen LogP contribution in [-0.2, 0) is 6.61 Å². The number of nitrogens with zero attached hydrogens (tertiary/aromatic N) is 1. The van der Waals surface area contributed by atoms with Crippen molar-refractivity contribution in [2.45, 2.75) is 37.5 Å². The van der Waals surface area contributed by atoms with Crippen LogP contribution in [-0.4, -0.2) is 43.2 Å². The van der Waals surface area contributed by atoms with Crippen molar-refractivity contribution < 1.29 is 4.74 Å². The van der Waals surface area contributed by atoms with Gasteiger partial charge in [-0.2, -0.15) is 0 Å². The third-order valence-electron chi connectivity index (χ3n) is 6.71. The van der Waals surface area contributed by atoms with Gasteiger partial charge in [-0.05, 0) is 53.8 Å². The molecule has 0 bridgehead atoms. The number of hydrogen-bond acceptors (Lipinski definition) is 4. The zero-order valence-electron chi connectivity index (χ0n) is 19.0. The average molecular weight is 464 g/mol. The minimum Gasteiger partial charge on any atom is -0.489 e. The van der Waals surface area contributed by atoms with Crippen molar-refractivity contribution in [1.29, 1.82) is 0 Å². The number of hydrogen-bond donors (Lipinski definition) is 2. The molecule has 5 heteroatoms. The lowest BCUT2D eigenvalue weighted by Crippen LogP contribution is -2.33. The van der Waals surface area contributed by atoms with Crippen LogP contribution in [0.1, 0.15) is 29.9 Å². The summed E-state index contributed by atoms with van der Waals surface area (Å²) in [6.45, 7) is 4.94. The van der Waals surface area contributed by atoms with Gasteiger partial charge < -0.3 is 20.7 Å². The van der Waals surface area contributed by atoms with E-state index < -0.39 is 0 Å². The van der Waals surface area contributed by atoms with E-state index in [0.29, 0.717) is 24.6 Å². The molecule has 5 rings (SSSR count). The normalized spacial score (nSPS) is 22.0. The van der Waals surface area contributed by atoms with E-state index in [9.17, 15) is 0 Å². The zero-order valence-corrected chi connectivity index (χ0v) is 19.8. The number of benzene rings is 3. The lowest BCUT2D eigenvalue weighted by Gasteiger charge is -2.15. The Morgan fingerprint density at radius 3 is 2.33 bits per heavy atom. The van der Waals surface area contributed by atoms with Crippen LogP contribution in [0.5, 0.6) is 5.75 Å². The first-order chi connectivity index (χ1) is 15.7. The minimum atomic E-state index is 0. The molecule has 3 aromatic rings. The van der Waals surface area contributed by atoms with Crippen molar-refractivity contribution in [3.8, 4) is 16.9 Å². The van der Waals surface area contributed by atoms with Crippen molar-refractivity contribution >= 4 is 12.4 Å². The largest absolute Gasteiger partial charge is 0.489 e. The van der Waals surface area contributed by atoms with E-state index in [4.69, 9.17) is 10.5 Å². The van der Waals surface area contributed by atoms with Crippen LogP contribution in [0, 0.1) is 0 Å². The van der Waals surface area contributed by atoms with Crippen LogP contribution in [0.3, 0.4) is 0 Å². The van der Waals surface area contributed by atoms with E-state index in [1.807, 2.05) is 6.07 Å². The Bertz CT molecular complexity index is 994. The summed E-state index contributed by atoms with van der Waals surface area (Å²) in [5.41, 5.74) is 11.0. The van der Waals surface area contributed by atoms with E-state index in [2.05, 4.69) is 83.0 Å². The Morgan fingerprint density at radius 2 is 1.64 bits per heavy atom. The molecule has 1 saturated heterocycles. The van der Waals surface area contributed by atoms with E-state index in [1.54, 1.807) is 0 Å². The summed E-state index contributed by atoms with van der Waals surface area (Å²) in [4.78, 5) is 2.47. The number of ether oxygens (including phenoxy) is 1. The number of rotatable bonds is 9. The second kappa shape index (κ2) is 11.2. The van der Waals surface area contributed by atoms with Crippen LogP contribution in [0.4, 0.5) is 0 Å². The molecule has 0 amide bonds. The van der Waals surface area contributed by atoms with Crippen LogP contribution in [0.25, 0.3) is 11.1 Å². The first-order valence-corrected chi connectivity index (χ1v) is 11.8. The van der Waals surface area contributed by atoms with Crippen molar-refractivity contribution in [2.75, 3.05) is 26.2 Å². The van der Waals surface area contributed by atoms with Crippen LogP contribution < -0.4 is 15.8 Å². The first kappa shape index (κ1) is 23.8. The van der Waals surface area contributed by atoms with Gasteiger partial charge in [0.15, 0.2) is 0 Å². The maximum atomic E-state index is 6.02. The van der Waals surface area contributed by atoms with Crippen LogP contribution >= 0.6 is 12.4 Å². The van der Waals surface area contributed by atoms with Crippen molar-refractivity contribution in [2.24, 2.45) is 5.73 Å². The van der Waals surface area contributed by atoms with Gasteiger partial charge in [0.1, 0.15) is 12.4 Å². The Balaban J connectivity index is 0.00000259. The molecule has 4 nitrogen and oxygen atoms in total. The van der Waals surface area contributed by atoms with Gasteiger partial charge in [-0.25, -0.2) is 0 Å². The highest BCUT2D eigenvalue weighted by atomic mass is 35.5. The summed E-state index contributed by atoms with van der Waals surface area (Å²) in [5.74, 6) is 1.56. The van der Waals surface area contributed by atoms with E-state index in [0.717, 1.165) is 38.3 Å². The standard InChI is InChI=1S/C28H33N3O.ClH/c29-25-14-16-31(19-25)17-15-30-28-18-27(28)24-10-12-26(13-11-24)32-20-21-6-8-23(9-7-21)22-4-2-1-3-5-22;/h1-13,25,27-28,30H,14-20,29H2;1H/t25-,27+,28-;/m1./s1. The lowest BCUT2D eigenvalue weighted by molar-refractivity contribution is 0.306. The highest BCUT2D eigenvalue weighted by Crippen LogP contribution is 2.41. The summed E-state index contributed by atoms with van der Waals surface area (Å²) >= 11 is 0. The number of likely N-dealkylation sites (tertiary alicyclic amines) is 1. The van der Waals surface area contributed by atoms with Gasteiger partial charge in [0, 0.05) is 37.6 Å². The molecule has 1 heterocycles. The topological polar surface area (TPSA) is 50.5 Å². The summed E-state index contributed by atoms with van der Waals surface area (Å²) in [6, 6.07) is 28.7. The summed E-state index contributed by atoms with van der Waals surface area (Å²) in [7, 11) is 0. The third kappa shape index (κ3) is 6.36. The quantitative estimate of drug-likeness (QED) is 0.477. The van der Waals surface area contributed by atoms with Crippen LogP contribution in [0.2, 0.25) is 0 Å². The predicted molar refractivity (Wildman–Crippen MR) is 138 cm³/mol. The van der Waals surface area contributed by atoms with Gasteiger partial charge in [-0.3, -0.25) is 0 Å². The highest BCUT2D eigenvalue weighted by Gasteiger charge is 2.37. The molecule has 3 aromatic carbocycles. The molecule has 2 fully saturated rings. The Labute approximate surface area is 203 Å². The average Bonchev–Trinajstić information content (AvgIpc) is 3.50. The molecule has 1 aliphatic carbocycles. The van der Waals surface area contributed by atoms with Gasteiger partial charge in [-0.1, -0.05) is 66.7 Å². The molecule has 0 unspecified atom stereocenters. The summed E-state index contributed by atoms with van der Waals surface area (Å²) in [6.07, 6.45) is 2.37. The van der Waals surface area contributed by atoms with Gasteiger partial charge >= 0.3 is 0 Å². The molecule has 2 aliphatic rings. The van der Waals surface area contributed by atoms with E-state index in [1.165, 1.54) is 28.7 Å². The number of nitrogens with one attached hydrogen (secondary N) is 1. The lowest BCUT2D eigenvalue weighted by atomic mass is 10.0. The minimum absolute atomic E-state index is 0. The van der Waals surface area contributed by atoms with Crippen molar-refractivity contribution in [1.82, 2.24) is 10.2 Å². The zero-order chi connectivity index (χ0) is 21.8. The van der Waals surface area contributed by atoms with Crippen LogP contribution in [0.15, 0.2) is 78.9 Å². The fourth-order valence-corrected chi connectivity index (χ4v) is 4.66. The monoisotopic (exact) mass is 463 g/mol. The van der Waals surface area contributed by atoms with Gasteiger partial charge in [0.05, 0.1) is 0 Å². The Hall–Kier alpha value is -2.37.